The molecule has 2 heterocycles. The Balaban J connectivity index is 0.000000595. The Labute approximate surface area is 137 Å². The summed E-state index contributed by atoms with van der Waals surface area (Å²) in [7, 11) is 2.02. The van der Waals surface area contributed by atoms with E-state index in [0.29, 0.717) is 5.82 Å². The zero-order chi connectivity index (χ0) is 16.8. The molecule has 122 valence electrons. The minimum atomic E-state index is 0.648. The molecule has 1 aromatic carbocycles. The number of nitrogens with two attached hydrogens (primary N) is 1. The van der Waals surface area contributed by atoms with Crippen LogP contribution in [-0.2, 0) is 6.54 Å². The van der Waals surface area contributed by atoms with Crippen molar-refractivity contribution in [2.24, 2.45) is 0 Å². The third kappa shape index (κ3) is 3.80. The predicted octanol–water partition coefficient (Wildman–Crippen LogP) is 3.90. The van der Waals surface area contributed by atoms with Gasteiger partial charge in [0, 0.05) is 19.2 Å². The average molecular weight is 311 g/mol. The predicted molar refractivity (Wildman–Crippen MR) is 97.6 cm³/mol. The van der Waals surface area contributed by atoms with E-state index in [1.54, 1.807) is 6.33 Å². The molecule has 0 aliphatic heterocycles. The van der Waals surface area contributed by atoms with E-state index in [0.717, 1.165) is 29.0 Å². The molecule has 5 heteroatoms. The van der Waals surface area contributed by atoms with E-state index in [2.05, 4.69) is 45.8 Å². The van der Waals surface area contributed by atoms with E-state index >= 15 is 0 Å². The number of hydrogen-bond acceptors (Lipinski definition) is 4. The Morgan fingerprint density at radius 2 is 1.78 bits per heavy atom. The summed E-state index contributed by atoms with van der Waals surface area (Å²) in [6.07, 6.45) is 2.83. The summed E-state index contributed by atoms with van der Waals surface area (Å²) in [6, 6.07) is 10.3. The van der Waals surface area contributed by atoms with Gasteiger partial charge in [0.1, 0.15) is 17.7 Å². The number of aromatic nitrogens is 3. The fourth-order valence-corrected chi connectivity index (χ4v) is 2.35. The first-order chi connectivity index (χ1) is 11.1. The van der Waals surface area contributed by atoms with Crippen molar-refractivity contribution >= 4 is 22.7 Å². The minimum Gasteiger partial charge on any atom is -0.385 e. The van der Waals surface area contributed by atoms with E-state index < -0.39 is 0 Å². The van der Waals surface area contributed by atoms with Crippen molar-refractivity contribution in [3.63, 3.8) is 0 Å². The smallest absolute Gasteiger partial charge is 0.156 e. The zero-order valence-corrected chi connectivity index (χ0v) is 14.3. The first-order valence-electron chi connectivity index (χ1n) is 7.92. The van der Waals surface area contributed by atoms with Gasteiger partial charge in [-0.3, -0.25) is 0 Å². The van der Waals surface area contributed by atoms with Gasteiger partial charge in [-0.05, 0) is 12.5 Å². The van der Waals surface area contributed by atoms with Crippen molar-refractivity contribution in [1.82, 2.24) is 15.0 Å². The number of nitrogen functional groups attached to an aromatic ring is 1. The zero-order valence-electron chi connectivity index (χ0n) is 14.3. The molecular formula is C18H25N5. The second-order valence-corrected chi connectivity index (χ2v) is 5.63. The van der Waals surface area contributed by atoms with Crippen LogP contribution in [0.1, 0.15) is 31.4 Å². The molecule has 0 saturated heterocycles. The first kappa shape index (κ1) is 16.8. The Kier molecular flexibility index (Phi) is 5.57. The highest BCUT2D eigenvalue weighted by Gasteiger charge is 2.14. The summed E-state index contributed by atoms with van der Waals surface area (Å²) in [5.41, 5.74) is 9.91. The van der Waals surface area contributed by atoms with Gasteiger partial charge >= 0.3 is 0 Å². The number of nitrogens with one attached hydrogen (secondary N) is 1. The van der Waals surface area contributed by atoms with Gasteiger partial charge in [-0.2, -0.15) is 0 Å². The molecule has 3 N–H and O–H groups in total. The molecule has 0 aliphatic rings. The molecule has 5 nitrogen and oxygen atoms in total. The fourth-order valence-electron chi connectivity index (χ4n) is 2.35. The van der Waals surface area contributed by atoms with Crippen molar-refractivity contribution in [3.8, 4) is 0 Å². The molecule has 0 spiro atoms. The van der Waals surface area contributed by atoms with Crippen LogP contribution in [0.5, 0.6) is 0 Å². The Morgan fingerprint density at radius 3 is 2.43 bits per heavy atom. The van der Waals surface area contributed by atoms with Gasteiger partial charge in [0.25, 0.3) is 0 Å². The molecule has 0 saturated carbocycles. The largest absolute Gasteiger partial charge is 0.385 e. The molecule has 3 aromatic rings. The van der Waals surface area contributed by atoms with Crippen LogP contribution in [0.15, 0.2) is 36.7 Å². The summed E-state index contributed by atoms with van der Waals surface area (Å²) < 4.78 is 0. The molecular weight excluding hydrogens is 286 g/mol. The van der Waals surface area contributed by atoms with Gasteiger partial charge in [0.15, 0.2) is 5.82 Å². The highest BCUT2D eigenvalue weighted by Crippen LogP contribution is 2.27. The van der Waals surface area contributed by atoms with E-state index in [4.69, 9.17) is 5.73 Å². The van der Waals surface area contributed by atoms with Crippen molar-refractivity contribution < 1.29 is 0 Å². The van der Waals surface area contributed by atoms with E-state index in [1.807, 2.05) is 32.2 Å². The maximum Gasteiger partial charge on any atom is 0.156 e. The lowest BCUT2D eigenvalue weighted by Gasteiger charge is -2.18. The average Bonchev–Trinajstić information content (AvgIpc) is 2.84. The summed E-state index contributed by atoms with van der Waals surface area (Å²) in [5, 5.41) is 0. The maximum atomic E-state index is 5.93. The van der Waals surface area contributed by atoms with Crippen molar-refractivity contribution in [2.45, 2.75) is 33.7 Å². The number of rotatable bonds is 3. The standard InChI is InChI=1S/C15H17N5.C3H8/c1-10-12-13(19-14(10)16)15(18-9-17-12)20(2)8-11-6-4-3-5-7-11;1-3-2/h3-7,9,19H,8,16H2,1-2H3;3H2,1-2H3. The van der Waals surface area contributed by atoms with Gasteiger partial charge in [0.05, 0.1) is 5.52 Å². The molecule has 0 atom stereocenters. The number of nitrogens with zero attached hydrogens (tertiary/aromatic N) is 3. The molecule has 2 aromatic heterocycles. The Morgan fingerprint density at radius 1 is 1.13 bits per heavy atom. The molecule has 0 radical (unpaired) electrons. The monoisotopic (exact) mass is 311 g/mol. The topological polar surface area (TPSA) is 70.8 Å². The van der Waals surface area contributed by atoms with E-state index in [1.165, 1.54) is 12.0 Å². The number of hydrogen-bond donors (Lipinski definition) is 2. The van der Waals surface area contributed by atoms with Gasteiger partial charge in [-0.25, -0.2) is 9.97 Å². The van der Waals surface area contributed by atoms with Gasteiger partial charge in [-0.1, -0.05) is 50.6 Å². The summed E-state index contributed by atoms with van der Waals surface area (Å²) in [5.74, 6) is 1.51. The number of fused-ring (bicyclic) bond motifs is 1. The van der Waals surface area contributed by atoms with Crippen LogP contribution in [0.4, 0.5) is 11.6 Å². The summed E-state index contributed by atoms with van der Waals surface area (Å²) in [6.45, 7) is 6.99. The molecule has 0 aliphatic carbocycles. The van der Waals surface area contributed by atoms with Crippen LogP contribution in [0.25, 0.3) is 11.0 Å². The van der Waals surface area contributed by atoms with Crippen LogP contribution in [-0.4, -0.2) is 22.0 Å². The number of anilines is 2. The van der Waals surface area contributed by atoms with Crippen LogP contribution in [0.3, 0.4) is 0 Å². The molecule has 23 heavy (non-hydrogen) atoms. The van der Waals surface area contributed by atoms with E-state index in [-0.39, 0.29) is 0 Å². The van der Waals surface area contributed by atoms with Gasteiger partial charge in [0.2, 0.25) is 0 Å². The number of benzene rings is 1. The second-order valence-electron chi connectivity index (χ2n) is 5.63. The third-order valence-corrected chi connectivity index (χ3v) is 3.47. The fraction of sp³-hybridized carbons (Fsp3) is 0.333. The van der Waals surface area contributed by atoms with Crippen molar-refractivity contribution in [2.75, 3.05) is 17.7 Å². The number of aromatic amines is 1. The van der Waals surface area contributed by atoms with Crippen LogP contribution in [0.2, 0.25) is 0 Å². The highest BCUT2D eigenvalue weighted by atomic mass is 15.2. The second kappa shape index (κ2) is 7.63. The van der Waals surface area contributed by atoms with Crippen molar-refractivity contribution in [3.05, 3.63) is 47.8 Å². The quantitative estimate of drug-likeness (QED) is 0.769. The van der Waals surface area contributed by atoms with E-state index in [9.17, 15) is 0 Å². The maximum absolute atomic E-state index is 5.93. The molecule has 0 amide bonds. The van der Waals surface area contributed by atoms with Gasteiger partial charge < -0.3 is 15.6 Å². The lowest BCUT2D eigenvalue weighted by molar-refractivity contribution is 0.898. The Hall–Kier alpha value is -2.56. The SMILES string of the molecule is CCC.Cc1c(N)[nH]c2c(N(C)Cc3ccccc3)ncnc12. The highest BCUT2D eigenvalue weighted by molar-refractivity contribution is 5.92. The summed E-state index contributed by atoms with van der Waals surface area (Å²) >= 11 is 0. The Bertz CT molecular complexity index is 749. The van der Waals surface area contributed by atoms with Gasteiger partial charge in [-0.15, -0.1) is 0 Å². The lowest BCUT2D eigenvalue weighted by atomic mass is 10.2. The van der Waals surface area contributed by atoms with Crippen LogP contribution < -0.4 is 10.6 Å². The van der Waals surface area contributed by atoms with Crippen LogP contribution >= 0.6 is 0 Å². The molecule has 0 unspecified atom stereocenters. The normalized spacial score (nSPS) is 10.3. The number of aryl methyl sites for hydroxylation is 1. The molecule has 0 bridgehead atoms. The first-order valence-corrected chi connectivity index (χ1v) is 7.92. The lowest BCUT2D eigenvalue weighted by Crippen LogP contribution is -2.18. The number of H-pyrrole nitrogens is 1. The van der Waals surface area contributed by atoms with Crippen LogP contribution in [0, 0.1) is 6.92 Å². The minimum absolute atomic E-state index is 0.648. The van der Waals surface area contributed by atoms with Crippen molar-refractivity contribution in [1.29, 1.82) is 0 Å². The summed E-state index contributed by atoms with van der Waals surface area (Å²) in [4.78, 5) is 14.0. The molecule has 3 rings (SSSR count). The molecule has 0 fully saturated rings. The third-order valence-electron chi connectivity index (χ3n) is 3.47.